The predicted octanol–water partition coefficient (Wildman–Crippen LogP) is 4.20. The van der Waals surface area contributed by atoms with E-state index in [0.29, 0.717) is 16.3 Å². The molecule has 0 atom stereocenters. The van der Waals surface area contributed by atoms with Crippen molar-refractivity contribution < 1.29 is 9.90 Å². The molecular weight excluding hydrogens is 360 g/mol. The number of halogens is 1. The van der Waals surface area contributed by atoms with Gasteiger partial charge in [0.15, 0.2) is 4.96 Å². The maximum absolute atomic E-state index is 12.5. The lowest BCUT2D eigenvalue weighted by molar-refractivity contribution is 0.0701. The number of carboxylic acids is 1. The Labute approximate surface area is 152 Å². The summed E-state index contributed by atoms with van der Waals surface area (Å²) in [6.45, 7) is 5.56. The van der Waals surface area contributed by atoms with Crippen molar-refractivity contribution in [3.05, 3.63) is 66.5 Å². The van der Waals surface area contributed by atoms with Gasteiger partial charge in [-0.05, 0) is 38.0 Å². The van der Waals surface area contributed by atoms with Crippen LogP contribution < -0.4 is 5.56 Å². The Balaban J connectivity index is 2.16. The molecule has 3 rings (SSSR count). The number of hydrogen-bond acceptors (Lipinski definition) is 4. The van der Waals surface area contributed by atoms with Crippen LogP contribution in [0, 0.1) is 20.8 Å². The first-order valence-corrected chi connectivity index (χ1v) is 8.69. The summed E-state index contributed by atoms with van der Waals surface area (Å²) in [6.07, 6.45) is 3.53. The highest BCUT2D eigenvalue weighted by Gasteiger charge is 2.19. The number of nitrogens with zero attached hydrogens (tertiary/aromatic N) is 2. The standard InChI is InChI=1S/C18H15ClN2O3S/c1-9-4-5-10(2)12(8-9)6-7-13-14(19)16(22)21-11(3)15(17(23)24)25-18(21)20-13/h4-8H,1-3H3,(H,23,24)/b7-6+. The van der Waals surface area contributed by atoms with Gasteiger partial charge in [-0.2, -0.15) is 0 Å². The second-order valence-electron chi connectivity index (χ2n) is 5.75. The maximum atomic E-state index is 12.5. The van der Waals surface area contributed by atoms with E-state index < -0.39 is 11.5 Å². The lowest BCUT2D eigenvalue weighted by atomic mass is 10.1. The monoisotopic (exact) mass is 374 g/mol. The van der Waals surface area contributed by atoms with E-state index in [1.54, 1.807) is 13.0 Å². The predicted molar refractivity (Wildman–Crippen MR) is 101 cm³/mol. The fourth-order valence-corrected chi connectivity index (χ4v) is 3.70. The van der Waals surface area contributed by atoms with Crippen LogP contribution in [0.1, 0.15) is 37.7 Å². The van der Waals surface area contributed by atoms with E-state index in [1.165, 1.54) is 4.40 Å². The molecule has 0 saturated heterocycles. The summed E-state index contributed by atoms with van der Waals surface area (Å²) in [5, 5.41) is 9.19. The fraction of sp³-hybridized carbons (Fsp3) is 0.167. The Hall–Kier alpha value is -2.44. The molecule has 1 N–H and O–H groups in total. The first-order chi connectivity index (χ1) is 11.8. The molecule has 2 heterocycles. The molecule has 25 heavy (non-hydrogen) atoms. The molecule has 2 aromatic heterocycles. The molecular formula is C18H15ClN2O3S. The highest BCUT2D eigenvalue weighted by molar-refractivity contribution is 7.18. The number of fused-ring (bicyclic) bond motifs is 1. The number of aromatic carboxylic acids is 1. The third kappa shape index (κ3) is 3.10. The van der Waals surface area contributed by atoms with Crippen LogP contribution in [-0.4, -0.2) is 20.5 Å². The van der Waals surface area contributed by atoms with Crippen molar-refractivity contribution in [2.75, 3.05) is 0 Å². The average molecular weight is 375 g/mol. The lowest BCUT2D eigenvalue weighted by Gasteiger charge is -2.03. The number of carboxylic acid groups (broad SMARTS) is 1. The minimum absolute atomic E-state index is 0.0307. The van der Waals surface area contributed by atoms with Crippen LogP contribution in [0.15, 0.2) is 23.0 Å². The number of aromatic nitrogens is 2. The van der Waals surface area contributed by atoms with Gasteiger partial charge in [0, 0.05) is 0 Å². The Morgan fingerprint density at radius 1 is 1.28 bits per heavy atom. The van der Waals surface area contributed by atoms with Gasteiger partial charge < -0.3 is 5.11 Å². The highest BCUT2D eigenvalue weighted by atomic mass is 35.5. The number of aryl methyl sites for hydroxylation is 3. The molecule has 5 nitrogen and oxygen atoms in total. The van der Waals surface area contributed by atoms with Gasteiger partial charge in [-0.25, -0.2) is 9.78 Å². The summed E-state index contributed by atoms with van der Waals surface area (Å²) in [7, 11) is 0. The van der Waals surface area contributed by atoms with Gasteiger partial charge in [0.25, 0.3) is 5.56 Å². The number of benzene rings is 1. The molecule has 128 valence electrons. The van der Waals surface area contributed by atoms with Gasteiger partial charge >= 0.3 is 5.97 Å². The van der Waals surface area contributed by atoms with E-state index in [2.05, 4.69) is 4.98 Å². The molecule has 0 aliphatic carbocycles. The lowest BCUT2D eigenvalue weighted by Crippen LogP contribution is -2.17. The number of rotatable bonds is 3. The molecule has 0 unspecified atom stereocenters. The molecule has 3 aromatic rings. The van der Waals surface area contributed by atoms with Crippen molar-refractivity contribution in [3.8, 4) is 0 Å². The summed E-state index contributed by atoms with van der Waals surface area (Å²) in [4.78, 5) is 28.5. The maximum Gasteiger partial charge on any atom is 0.347 e. The molecule has 0 fully saturated rings. The van der Waals surface area contributed by atoms with Gasteiger partial charge in [-0.3, -0.25) is 9.20 Å². The second-order valence-corrected chi connectivity index (χ2v) is 7.10. The Morgan fingerprint density at radius 2 is 2.00 bits per heavy atom. The van der Waals surface area contributed by atoms with Crippen LogP contribution in [0.5, 0.6) is 0 Å². The summed E-state index contributed by atoms with van der Waals surface area (Å²) < 4.78 is 1.24. The van der Waals surface area contributed by atoms with Crippen LogP contribution in [0.25, 0.3) is 17.1 Å². The minimum Gasteiger partial charge on any atom is -0.477 e. The number of carbonyl (C=O) groups is 1. The topological polar surface area (TPSA) is 71.7 Å². The third-order valence-electron chi connectivity index (χ3n) is 3.93. The van der Waals surface area contributed by atoms with E-state index in [4.69, 9.17) is 11.6 Å². The zero-order valence-corrected chi connectivity index (χ0v) is 15.4. The number of hydrogen-bond donors (Lipinski definition) is 1. The zero-order chi connectivity index (χ0) is 18.3. The fourth-order valence-electron chi connectivity index (χ4n) is 2.54. The molecule has 0 aliphatic rings. The SMILES string of the molecule is Cc1ccc(C)c(/C=C/c2nc3sc(C(=O)O)c(C)n3c(=O)c2Cl)c1. The van der Waals surface area contributed by atoms with Crippen LogP contribution >= 0.6 is 22.9 Å². The quantitative estimate of drug-likeness (QED) is 0.745. The van der Waals surface area contributed by atoms with E-state index in [-0.39, 0.29) is 9.90 Å². The van der Waals surface area contributed by atoms with Crippen LogP contribution in [0.2, 0.25) is 5.02 Å². The molecule has 0 spiro atoms. The molecule has 0 aliphatic heterocycles. The Bertz CT molecular complexity index is 1100. The van der Waals surface area contributed by atoms with Crippen LogP contribution in [0.3, 0.4) is 0 Å². The zero-order valence-electron chi connectivity index (χ0n) is 13.8. The van der Waals surface area contributed by atoms with Crippen molar-refractivity contribution >= 4 is 46.0 Å². The first kappa shape index (κ1) is 17.4. The average Bonchev–Trinajstić information content (AvgIpc) is 2.89. The first-order valence-electron chi connectivity index (χ1n) is 7.50. The van der Waals surface area contributed by atoms with Crippen molar-refractivity contribution in [2.24, 2.45) is 0 Å². The number of thiazole rings is 1. The van der Waals surface area contributed by atoms with E-state index >= 15 is 0 Å². The molecule has 0 amide bonds. The summed E-state index contributed by atoms with van der Waals surface area (Å²) in [5.74, 6) is -1.09. The van der Waals surface area contributed by atoms with Crippen molar-refractivity contribution in [1.82, 2.24) is 9.38 Å². The van der Waals surface area contributed by atoms with E-state index in [1.807, 2.05) is 38.1 Å². The van der Waals surface area contributed by atoms with Gasteiger partial charge in [0.2, 0.25) is 0 Å². The summed E-state index contributed by atoms with van der Waals surface area (Å²) in [6, 6.07) is 6.07. The minimum atomic E-state index is -1.09. The van der Waals surface area contributed by atoms with Crippen molar-refractivity contribution in [1.29, 1.82) is 0 Å². The summed E-state index contributed by atoms with van der Waals surface area (Å²) >= 11 is 7.14. The Morgan fingerprint density at radius 3 is 2.68 bits per heavy atom. The largest absolute Gasteiger partial charge is 0.477 e. The molecule has 0 saturated carbocycles. The van der Waals surface area contributed by atoms with Crippen molar-refractivity contribution in [3.63, 3.8) is 0 Å². The molecule has 0 radical (unpaired) electrons. The third-order valence-corrected chi connectivity index (χ3v) is 5.42. The van der Waals surface area contributed by atoms with E-state index in [0.717, 1.165) is 28.0 Å². The van der Waals surface area contributed by atoms with E-state index in [9.17, 15) is 14.7 Å². The molecule has 7 heteroatoms. The highest BCUT2D eigenvalue weighted by Crippen LogP contribution is 2.23. The van der Waals surface area contributed by atoms with Gasteiger partial charge in [-0.1, -0.05) is 52.8 Å². The van der Waals surface area contributed by atoms with Gasteiger partial charge in [0.1, 0.15) is 9.90 Å². The Kier molecular flexibility index (Phi) is 4.49. The second kappa shape index (κ2) is 6.46. The normalized spacial score (nSPS) is 11.5. The van der Waals surface area contributed by atoms with Crippen LogP contribution in [0.4, 0.5) is 0 Å². The molecule has 0 bridgehead atoms. The van der Waals surface area contributed by atoms with Crippen LogP contribution in [-0.2, 0) is 0 Å². The summed E-state index contributed by atoms with van der Waals surface area (Å²) in [5.41, 5.74) is 3.42. The smallest absolute Gasteiger partial charge is 0.347 e. The van der Waals surface area contributed by atoms with Crippen molar-refractivity contribution in [2.45, 2.75) is 20.8 Å². The molecule has 1 aromatic carbocycles. The van der Waals surface area contributed by atoms with Gasteiger partial charge in [0.05, 0.1) is 11.4 Å². The van der Waals surface area contributed by atoms with Gasteiger partial charge in [-0.15, -0.1) is 0 Å².